The number of carbonyl (C=O) groups excluding carboxylic acids is 1. The van der Waals surface area contributed by atoms with E-state index >= 15 is 0 Å². The van der Waals surface area contributed by atoms with Gasteiger partial charge in [0.1, 0.15) is 0 Å². The summed E-state index contributed by atoms with van der Waals surface area (Å²) in [6.45, 7) is 4.54. The average molecular weight is 238 g/mol. The number of alkyl halides is 3. The van der Waals surface area contributed by atoms with Gasteiger partial charge in [-0.25, -0.2) is 0 Å². The number of nitrogens with zero attached hydrogens (tertiary/aromatic N) is 2. The minimum absolute atomic E-state index is 0.0278. The van der Waals surface area contributed by atoms with Crippen molar-refractivity contribution in [1.29, 1.82) is 0 Å². The fourth-order valence-electron chi connectivity index (χ4n) is 0.701. The van der Waals surface area contributed by atoms with E-state index in [1.807, 2.05) is 0 Å². The van der Waals surface area contributed by atoms with Gasteiger partial charge in [-0.05, 0) is 20.8 Å². The molecule has 0 aromatic carbocycles. The SMILES string of the molecule is CCOC(=O)C/C(=N/N=C(C)C)C(F)(F)F. The molecule has 0 rings (SSSR count). The Balaban J connectivity index is 4.77. The Morgan fingerprint density at radius 2 is 1.81 bits per heavy atom. The van der Waals surface area contributed by atoms with Gasteiger partial charge in [-0.2, -0.15) is 23.4 Å². The molecule has 0 heterocycles. The first-order valence-electron chi connectivity index (χ1n) is 4.58. The number of rotatable bonds is 4. The monoisotopic (exact) mass is 238 g/mol. The van der Waals surface area contributed by atoms with Crippen LogP contribution in [-0.2, 0) is 9.53 Å². The fraction of sp³-hybridized carbons (Fsp3) is 0.667. The molecule has 0 spiro atoms. The van der Waals surface area contributed by atoms with E-state index < -0.39 is 24.3 Å². The lowest BCUT2D eigenvalue weighted by atomic mass is 10.2. The third kappa shape index (κ3) is 6.15. The summed E-state index contributed by atoms with van der Waals surface area (Å²) in [7, 11) is 0. The molecule has 0 N–H and O–H groups in total. The number of hydrogen-bond donors (Lipinski definition) is 0. The molecule has 16 heavy (non-hydrogen) atoms. The summed E-state index contributed by atoms with van der Waals surface area (Å²) in [5.41, 5.74) is -0.891. The minimum Gasteiger partial charge on any atom is -0.466 e. The summed E-state index contributed by atoms with van der Waals surface area (Å²) in [6, 6.07) is 0. The molecule has 0 aliphatic heterocycles. The van der Waals surface area contributed by atoms with Crippen molar-refractivity contribution in [2.45, 2.75) is 33.4 Å². The first-order valence-corrected chi connectivity index (χ1v) is 4.58. The van der Waals surface area contributed by atoms with Crippen molar-refractivity contribution in [2.75, 3.05) is 6.61 Å². The van der Waals surface area contributed by atoms with E-state index in [9.17, 15) is 18.0 Å². The number of ether oxygens (including phenoxy) is 1. The van der Waals surface area contributed by atoms with Crippen molar-refractivity contribution < 1.29 is 22.7 Å². The predicted octanol–water partition coefficient (Wildman–Crippen LogP) is 2.34. The van der Waals surface area contributed by atoms with Crippen molar-refractivity contribution >= 4 is 17.4 Å². The smallest absolute Gasteiger partial charge is 0.431 e. The molecule has 0 saturated carbocycles. The molecule has 0 aliphatic rings. The highest BCUT2D eigenvalue weighted by Gasteiger charge is 2.37. The Hall–Kier alpha value is -1.40. The Bertz CT molecular complexity index is 304. The van der Waals surface area contributed by atoms with Crippen LogP contribution < -0.4 is 0 Å². The Morgan fingerprint density at radius 3 is 2.19 bits per heavy atom. The summed E-state index contributed by atoms with van der Waals surface area (Å²) in [5, 5.41) is 6.28. The van der Waals surface area contributed by atoms with Crippen molar-refractivity contribution in [1.82, 2.24) is 0 Å². The molecular formula is C9H13F3N2O2. The van der Waals surface area contributed by atoms with E-state index in [0.29, 0.717) is 5.71 Å². The van der Waals surface area contributed by atoms with Gasteiger partial charge < -0.3 is 4.74 Å². The van der Waals surface area contributed by atoms with Gasteiger partial charge in [0.05, 0.1) is 13.0 Å². The first-order chi connectivity index (χ1) is 7.27. The third-order valence-corrected chi connectivity index (χ3v) is 1.32. The first kappa shape index (κ1) is 14.6. The maximum absolute atomic E-state index is 12.4. The van der Waals surface area contributed by atoms with Crippen LogP contribution in [0.4, 0.5) is 13.2 Å². The summed E-state index contributed by atoms with van der Waals surface area (Å²) < 4.78 is 41.5. The standard InChI is InChI=1S/C9H13F3N2O2/c1-4-16-8(15)5-7(9(10,11)12)14-13-6(2)3/h4-5H2,1-3H3/b14-7-. The molecular weight excluding hydrogens is 225 g/mol. The lowest BCUT2D eigenvalue weighted by Gasteiger charge is -2.08. The van der Waals surface area contributed by atoms with E-state index in [1.54, 1.807) is 0 Å². The zero-order valence-electron chi connectivity index (χ0n) is 9.26. The highest BCUT2D eigenvalue weighted by molar-refractivity contribution is 6.02. The topological polar surface area (TPSA) is 51.0 Å². The van der Waals surface area contributed by atoms with E-state index in [2.05, 4.69) is 14.9 Å². The molecule has 7 heteroatoms. The number of esters is 1. The van der Waals surface area contributed by atoms with E-state index in [1.165, 1.54) is 20.8 Å². The lowest BCUT2D eigenvalue weighted by Crippen LogP contribution is -2.26. The van der Waals surface area contributed by atoms with Gasteiger partial charge in [-0.15, -0.1) is 0 Å². The Kier molecular flexibility index (Phi) is 5.69. The molecule has 0 aromatic rings. The van der Waals surface area contributed by atoms with Crippen molar-refractivity contribution in [3.63, 3.8) is 0 Å². The molecule has 92 valence electrons. The van der Waals surface area contributed by atoms with Gasteiger partial charge in [0, 0.05) is 5.71 Å². The van der Waals surface area contributed by atoms with Crippen LogP contribution in [0.3, 0.4) is 0 Å². The quantitative estimate of drug-likeness (QED) is 0.429. The zero-order valence-corrected chi connectivity index (χ0v) is 9.26. The van der Waals surface area contributed by atoms with Crippen LogP contribution in [0.15, 0.2) is 10.2 Å². The summed E-state index contributed by atoms with van der Waals surface area (Å²) in [6.07, 6.45) is -5.60. The maximum Gasteiger partial charge on any atom is 0.431 e. The van der Waals surface area contributed by atoms with Crippen molar-refractivity contribution in [2.24, 2.45) is 10.2 Å². The lowest BCUT2D eigenvalue weighted by molar-refractivity contribution is -0.142. The van der Waals surface area contributed by atoms with E-state index in [4.69, 9.17) is 0 Å². The molecule has 4 nitrogen and oxygen atoms in total. The largest absolute Gasteiger partial charge is 0.466 e. The van der Waals surface area contributed by atoms with E-state index in [0.717, 1.165) is 0 Å². The molecule has 0 atom stereocenters. The van der Waals surface area contributed by atoms with Crippen LogP contribution in [0.1, 0.15) is 27.2 Å². The molecule has 0 amide bonds. The van der Waals surface area contributed by atoms with Crippen LogP contribution in [0.25, 0.3) is 0 Å². The van der Waals surface area contributed by atoms with Gasteiger partial charge in [0.25, 0.3) is 0 Å². The Labute approximate surface area is 91.2 Å². The molecule has 0 aromatic heterocycles. The Morgan fingerprint density at radius 1 is 1.25 bits per heavy atom. The predicted molar refractivity (Wildman–Crippen MR) is 53.5 cm³/mol. The van der Waals surface area contributed by atoms with Gasteiger partial charge in [-0.3, -0.25) is 4.79 Å². The van der Waals surface area contributed by atoms with Gasteiger partial charge in [0.2, 0.25) is 0 Å². The molecule has 0 unspecified atom stereocenters. The van der Waals surface area contributed by atoms with Crippen LogP contribution in [0, 0.1) is 0 Å². The van der Waals surface area contributed by atoms with Gasteiger partial charge in [0.15, 0.2) is 5.71 Å². The second-order valence-corrected chi connectivity index (χ2v) is 3.07. The second-order valence-electron chi connectivity index (χ2n) is 3.07. The maximum atomic E-state index is 12.4. The number of carbonyl (C=O) groups is 1. The summed E-state index contributed by atoms with van der Waals surface area (Å²) in [5.74, 6) is -0.970. The molecule has 0 fully saturated rings. The highest BCUT2D eigenvalue weighted by Crippen LogP contribution is 2.20. The number of hydrogen-bond acceptors (Lipinski definition) is 4. The van der Waals surface area contributed by atoms with Gasteiger partial charge in [-0.1, -0.05) is 0 Å². The zero-order chi connectivity index (χ0) is 12.8. The summed E-state index contributed by atoms with van der Waals surface area (Å²) in [4.78, 5) is 10.9. The normalized spacial score (nSPS) is 12.2. The van der Waals surface area contributed by atoms with Crippen LogP contribution in [0.5, 0.6) is 0 Å². The molecule has 0 bridgehead atoms. The number of halogens is 3. The molecule has 0 aliphatic carbocycles. The molecule has 0 saturated heterocycles. The fourth-order valence-corrected chi connectivity index (χ4v) is 0.701. The third-order valence-electron chi connectivity index (χ3n) is 1.32. The highest BCUT2D eigenvalue weighted by atomic mass is 19.4. The second kappa shape index (κ2) is 6.24. The average Bonchev–Trinajstić information content (AvgIpc) is 2.10. The van der Waals surface area contributed by atoms with Crippen molar-refractivity contribution in [3.8, 4) is 0 Å². The minimum atomic E-state index is -4.67. The van der Waals surface area contributed by atoms with Crippen LogP contribution in [0.2, 0.25) is 0 Å². The van der Waals surface area contributed by atoms with E-state index in [-0.39, 0.29) is 6.61 Å². The molecule has 0 radical (unpaired) electrons. The van der Waals surface area contributed by atoms with Crippen LogP contribution >= 0.6 is 0 Å². The summed E-state index contributed by atoms with van der Waals surface area (Å²) >= 11 is 0. The van der Waals surface area contributed by atoms with Crippen LogP contribution in [-0.4, -0.2) is 30.2 Å². The van der Waals surface area contributed by atoms with Gasteiger partial charge >= 0.3 is 12.1 Å². The van der Waals surface area contributed by atoms with Crippen molar-refractivity contribution in [3.05, 3.63) is 0 Å².